The van der Waals surface area contributed by atoms with Crippen molar-refractivity contribution in [1.29, 1.82) is 0 Å². The molecule has 2 aromatic rings. The SMILES string of the molecule is COc1ccc(CNC(=O)CCN(C(C)=O)c2ccccc2)cc1. The van der Waals surface area contributed by atoms with Crippen molar-refractivity contribution in [3.8, 4) is 5.75 Å². The second-order valence-electron chi connectivity index (χ2n) is 5.38. The number of carbonyl (C=O) groups is 2. The summed E-state index contributed by atoms with van der Waals surface area (Å²) in [4.78, 5) is 25.4. The average Bonchev–Trinajstić information content (AvgIpc) is 2.61. The molecule has 0 heterocycles. The Bertz CT molecular complexity index is 669. The fourth-order valence-corrected chi connectivity index (χ4v) is 2.32. The van der Waals surface area contributed by atoms with E-state index in [2.05, 4.69) is 5.32 Å². The van der Waals surface area contributed by atoms with Crippen LogP contribution < -0.4 is 15.0 Å². The minimum absolute atomic E-state index is 0.0795. The lowest BCUT2D eigenvalue weighted by atomic mass is 10.2. The zero-order valence-electron chi connectivity index (χ0n) is 14.0. The molecule has 0 aliphatic rings. The third kappa shape index (κ3) is 5.12. The smallest absolute Gasteiger partial charge is 0.223 e. The molecule has 2 rings (SSSR count). The summed E-state index contributed by atoms with van der Waals surface area (Å²) in [7, 11) is 1.62. The first-order valence-electron chi connectivity index (χ1n) is 7.83. The van der Waals surface area contributed by atoms with Crippen molar-refractivity contribution < 1.29 is 14.3 Å². The zero-order chi connectivity index (χ0) is 17.4. The number of ether oxygens (including phenoxy) is 1. The third-order valence-corrected chi connectivity index (χ3v) is 3.66. The van der Waals surface area contributed by atoms with Gasteiger partial charge < -0.3 is 15.0 Å². The predicted octanol–water partition coefficient (Wildman–Crippen LogP) is 2.75. The van der Waals surface area contributed by atoms with Gasteiger partial charge in [0.2, 0.25) is 11.8 Å². The van der Waals surface area contributed by atoms with E-state index in [1.54, 1.807) is 12.0 Å². The van der Waals surface area contributed by atoms with E-state index in [1.807, 2.05) is 54.6 Å². The minimum atomic E-state index is -0.0898. The van der Waals surface area contributed by atoms with E-state index in [1.165, 1.54) is 6.92 Å². The van der Waals surface area contributed by atoms with Gasteiger partial charge in [0.15, 0.2) is 0 Å². The van der Waals surface area contributed by atoms with Crippen LogP contribution in [-0.4, -0.2) is 25.5 Å². The van der Waals surface area contributed by atoms with Gasteiger partial charge in [0.25, 0.3) is 0 Å². The zero-order valence-corrected chi connectivity index (χ0v) is 14.0. The molecule has 0 saturated heterocycles. The first-order chi connectivity index (χ1) is 11.6. The van der Waals surface area contributed by atoms with Gasteiger partial charge in [-0.1, -0.05) is 30.3 Å². The van der Waals surface area contributed by atoms with Gasteiger partial charge in [-0.25, -0.2) is 0 Å². The highest BCUT2D eigenvalue weighted by Gasteiger charge is 2.12. The highest BCUT2D eigenvalue weighted by atomic mass is 16.5. The number of hydrogen-bond acceptors (Lipinski definition) is 3. The number of hydrogen-bond donors (Lipinski definition) is 1. The molecule has 0 aromatic heterocycles. The molecule has 0 atom stereocenters. The quantitative estimate of drug-likeness (QED) is 0.851. The lowest BCUT2D eigenvalue weighted by molar-refractivity contribution is -0.121. The van der Waals surface area contributed by atoms with Crippen LogP contribution in [0.4, 0.5) is 5.69 Å². The van der Waals surface area contributed by atoms with Gasteiger partial charge in [0.1, 0.15) is 5.75 Å². The molecule has 5 nitrogen and oxygen atoms in total. The summed E-state index contributed by atoms with van der Waals surface area (Å²) in [6.07, 6.45) is 0.255. The van der Waals surface area contributed by atoms with Crippen molar-refractivity contribution in [2.75, 3.05) is 18.6 Å². The Hall–Kier alpha value is -2.82. The van der Waals surface area contributed by atoms with Crippen molar-refractivity contribution in [2.45, 2.75) is 19.9 Å². The first kappa shape index (κ1) is 17.5. The number of anilines is 1. The molecule has 0 aliphatic heterocycles. The summed E-state index contributed by atoms with van der Waals surface area (Å²) in [5.41, 5.74) is 1.79. The summed E-state index contributed by atoms with van der Waals surface area (Å²) in [5, 5.41) is 2.86. The van der Waals surface area contributed by atoms with Crippen molar-refractivity contribution in [1.82, 2.24) is 5.32 Å². The van der Waals surface area contributed by atoms with Crippen LogP contribution in [0.2, 0.25) is 0 Å². The van der Waals surface area contributed by atoms with Crippen molar-refractivity contribution >= 4 is 17.5 Å². The average molecular weight is 326 g/mol. The maximum Gasteiger partial charge on any atom is 0.223 e. The van der Waals surface area contributed by atoms with Gasteiger partial charge in [-0.05, 0) is 29.8 Å². The first-order valence-corrected chi connectivity index (χ1v) is 7.83. The van der Waals surface area contributed by atoms with Gasteiger partial charge in [-0.2, -0.15) is 0 Å². The number of carbonyl (C=O) groups excluding carboxylic acids is 2. The van der Waals surface area contributed by atoms with Crippen molar-refractivity contribution in [3.63, 3.8) is 0 Å². The van der Waals surface area contributed by atoms with Crippen LogP contribution in [0.3, 0.4) is 0 Å². The van der Waals surface area contributed by atoms with Gasteiger partial charge in [-0.15, -0.1) is 0 Å². The van der Waals surface area contributed by atoms with Gasteiger partial charge in [-0.3, -0.25) is 9.59 Å². The highest BCUT2D eigenvalue weighted by Crippen LogP contribution is 2.14. The van der Waals surface area contributed by atoms with Crippen LogP contribution in [0.25, 0.3) is 0 Å². The third-order valence-electron chi connectivity index (χ3n) is 3.66. The van der Waals surface area contributed by atoms with E-state index in [4.69, 9.17) is 4.74 Å². The topological polar surface area (TPSA) is 58.6 Å². The second-order valence-corrected chi connectivity index (χ2v) is 5.38. The van der Waals surface area contributed by atoms with Crippen LogP contribution in [0.15, 0.2) is 54.6 Å². The molecule has 0 saturated carbocycles. The summed E-state index contributed by atoms with van der Waals surface area (Å²) in [5.74, 6) is 0.613. The molecule has 0 bridgehead atoms. The standard InChI is InChI=1S/C19H22N2O3/c1-15(22)21(17-6-4-3-5-7-17)13-12-19(23)20-14-16-8-10-18(24-2)11-9-16/h3-11H,12-14H2,1-2H3,(H,20,23). The Kier molecular flexibility index (Phi) is 6.37. The van der Waals surface area contributed by atoms with Crippen LogP contribution in [-0.2, 0) is 16.1 Å². The molecule has 0 aliphatic carbocycles. The summed E-state index contributed by atoms with van der Waals surface area (Å²) in [6.45, 7) is 2.31. The van der Waals surface area contributed by atoms with E-state index < -0.39 is 0 Å². The molecule has 5 heteroatoms. The largest absolute Gasteiger partial charge is 0.497 e. The molecule has 0 unspecified atom stereocenters. The molecule has 126 valence electrons. The number of methoxy groups -OCH3 is 1. The number of benzene rings is 2. The fourth-order valence-electron chi connectivity index (χ4n) is 2.32. The number of nitrogens with one attached hydrogen (secondary N) is 1. The highest BCUT2D eigenvalue weighted by molar-refractivity contribution is 5.92. The molecular weight excluding hydrogens is 304 g/mol. The van der Waals surface area contributed by atoms with Gasteiger partial charge >= 0.3 is 0 Å². The van der Waals surface area contributed by atoms with Gasteiger partial charge in [0.05, 0.1) is 7.11 Å². The molecule has 0 spiro atoms. The van der Waals surface area contributed by atoms with Gasteiger partial charge in [0, 0.05) is 32.1 Å². The molecule has 1 N–H and O–H groups in total. The predicted molar refractivity (Wildman–Crippen MR) is 93.9 cm³/mol. The van der Waals surface area contributed by atoms with Crippen LogP contribution in [0.1, 0.15) is 18.9 Å². The number of rotatable bonds is 7. The molecule has 2 aromatic carbocycles. The second kappa shape index (κ2) is 8.72. The molecular formula is C19H22N2O3. The molecule has 0 radical (unpaired) electrons. The molecule has 2 amide bonds. The fraction of sp³-hybridized carbons (Fsp3) is 0.263. The lowest BCUT2D eigenvalue weighted by Gasteiger charge is -2.20. The normalized spacial score (nSPS) is 10.1. The van der Waals surface area contributed by atoms with Crippen LogP contribution >= 0.6 is 0 Å². The minimum Gasteiger partial charge on any atom is -0.497 e. The van der Waals surface area contributed by atoms with E-state index >= 15 is 0 Å². The maximum atomic E-state index is 12.0. The van der Waals surface area contributed by atoms with Crippen LogP contribution in [0, 0.1) is 0 Å². The Labute approximate surface area is 142 Å². The Morgan fingerprint density at radius 2 is 1.71 bits per heavy atom. The number of para-hydroxylation sites is 1. The Morgan fingerprint density at radius 1 is 1.04 bits per heavy atom. The molecule has 0 fully saturated rings. The summed E-state index contributed by atoms with van der Waals surface area (Å²) >= 11 is 0. The summed E-state index contributed by atoms with van der Waals surface area (Å²) in [6, 6.07) is 16.9. The number of nitrogens with zero attached hydrogens (tertiary/aromatic N) is 1. The Balaban J connectivity index is 1.83. The van der Waals surface area contributed by atoms with E-state index in [9.17, 15) is 9.59 Å². The maximum absolute atomic E-state index is 12.0. The van der Waals surface area contributed by atoms with E-state index in [-0.39, 0.29) is 18.2 Å². The van der Waals surface area contributed by atoms with E-state index in [0.29, 0.717) is 13.1 Å². The lowest BCUT2D eigenvalue weighted by Crippen LogP contribution is -2.33. The van der Waals surface area contributed by atoms with E-state index in [0.717, 1.165) is 17.0 Å². The Morgan fingerprint density at radius 3 is 2.29 bits per heavy atom. The summed E-state index contributed by atoms with van der Waals surface area (Å²) < 4.78 is 5.10. The molecule has 24 heavy (non-hydrogen) atoms. The van der Waals surface area contributed by atoms with Crippen molar-refractivity contribution in [3.05, 3.63) is 60.2 Å². The number of amides is 2. The van der Waals surface area contributed by atoms with Crippen LogP contribution in [0.5, 0.6) is 5.75 Å². The monoisotopic (exact) mass is 326 g/mol. The van der Waals surface area contributed by atoms with Crippen molar-refractivity contribution in [2.24, 2.45) is 0 Å².